The summed E-state index contributed by atoms with van der Waals surface area (Å²) in [5, 5.41) is 3.02. The first-order valence-electron chi connectivity index (χ1n) is 6.46. The Morgan fingerprint density at radius 1 is 1.14 bits per heavy atom. The predicted octanol–water partition coefficient (Wildman–Crippen LogP) is 2.65. The molecular formula is C13H16ClN5O2. The third kappa shape index (κ3) is 4.09. The highest BCUT2D eigenvalue weighted by molar-refractivity contribution is 6.28. The molecule has 0 spiro atoms. The van der Waals surface area contributed by atoms with Crippen LogP contribution >= 0.6 is 11.6 Å². The van der Waals surface area contributed by atoms with Crippen molar-refractivity contribution in [3.8, 4) is 11.5 Å². The summed E-state index contributed by atoms with van der Waals surface area (Å²) in [4.78, 5) is 11.6. The number of nitrogens with two attached hydrogens (primary N) is 1. The number of halogens is 1. The molecule has 3 N–H and O–H groups in total. The van der Waals surface area contributed by atoms with Gasteiger partial charge in [0.2, 0.25) is 17.2 Å². The van der Waals surface area contributed by atoms with E-state index >= 15 is 0 Å². The summed E-state index contributed by atoms with van der Waals surface area (Å²) in [6.07, 6.45) is 0. The Labute approximate surface area is 127 Å². The van der Waals surface area contributed by atoms with Crippen molar-refractivity contribution in [2.45, 2.75) is 13.8 Å². The summed E-state index contributed by atoms with van der Waals surface area (Å²) in [5.41, 5.74) is 6.20. The van der Waals surface area contributed by atoms with E-state index in [2.05, 4.69) is 20.3 Å². The lowest BCUT2D eigenvalue weighted by atomic mass is 10.2. The molecule has 2 aromatic rings. The fourth-order valence-electron chi connectivity index (χ4n) is 1.69. The highest BCUT2D eigenvalue weighted by Crippen LogP contribution is 2.31. The highest BCUT2D eigenvalue weighted by atomic mass is 35.5. The lowest BCUT2D eigenvalue weighted by Crippen LogP contribution is -2.05. The summed E-state index contributed by atoms with van der Waals surface area (Å²) in [6, 6.07) is 5.43. The van der Waals surface area contributed by atoms with E-state index in [4.69, 9.17) is 26.8 Å². The van der Waals surface area contributed by atoms with Crippen molar-refractivity contribution in [2.24, 2.45) is 0 Å². The minimum Gasteiger partial charge on any atom is -0.494 e. The maximum Gasteiger partial charge on any atom is 0.233 e. The molecule has 1 heterocycles. The number of hydrogen-bond donors (Lipinski definition) is 2. The van der Waals surface area contributed by atoms with Crippen molar-refractivity contribution < 1.29 is 9.47 Å². The maximum atomic E-state index is 5.76. The molecule has 0 atom stereocenters. The molecule has 0 bridgehead atoms. The van der Waals surface area contributed by atoms with Gasteiger partial charge in [0.1, 0.15) is 11.5 Å². The fraction of sp³-hybridized carbons (Fsp3) is 0.308. The van der Waals surface area contributed by atoms with E-state index < -0.39 is 0 Å². The van der Waals surface area contributed by atoms with Crippen LogP contribution in [0.3, 0.4) is 0 Å². The molecule has 21 heavy (non-hydrogen) atoms. The van der Waals surface area contributed by atoms with E-state index in [1.54, 1.807) is 6.07 Å². The second kappa shape index (κ2) is 6.94. The molecule has 0 unspecified atom stereocenters. The van der Waals surface area contributed by atoms with Crippen LogP contribution in [0.15, 0.2) is 18.2 Å². The van der Waals surface area contributed by atoms with Crippen LogP contribution in [0.1, 0.15) is 13.8 Å². The van der Waals surface area contributed by atoms with Crippen molar-refractivity contribution in [1.82, 2.24) is 15.0 Å². The van der Waals surface area contributed by atoms with Crippen LogP contribution in [0, 0.1) is 0 Å². The van der Waals surface area contributed by atoms with Crippen LogP contribution in [0.25, 0.3) is 0 Å². The highest BCUT2D eigenvalue weighted by Gasteiger charge is 2.09. The van der Waals surface area contributed by atoms with Crippen LogP contribution in [0.2, 0.25) is 5.28 Å². The summed E-state index contributed by atoms with van der Waals surface area (Å²) >= 11 is 5.76. The minimum atomic E-state index is 0.0175. The molecule has 1 aromatic carbocycles. The number of anilines is 3. The van der Waals surface area contributed by atoms with Gasteiger partial charge >= 0.3 is 0 Å². The quantitative estimate of drug-likeness (QED) is 0.846. The van der Waals surface area contributed by atoms with Gasteiger partial charge in [-0.1, -0.05) is 0 Å². The van der Waals surface area contributed by atoms with Gasteiger partial charge in [-0.2, -0.15) is 15.0 Å². The van der Waals surface area contributed by atoms with Crippen molar-refractivity contribution in [3.05, 3.63) is 23.5 Å². The summed E-state index contributed by atoms with van der Waals surface area (Å²) in [5.74, 6) is 1.63. The summed E-state index contributed by atoms with van der Waals surface area (Å²) in [6.45, 7) is 4.91. The standard InChI is InChI=1S/C13H16ClN5O2/c1-3-20-8-5-6-10(21-4-2)9(7-8)16-13-18-11(14)17-12(15)19-13/h5-7H,3-4H2,1-2H3,(H3,15,16,17,18,19). The Balaban J connectivity index is 2.32. The normalized spacial score (nSPS) is 10.2. The van der Waals surface area contributed by atoms with Crippen LogP contribution in [0.4, 0.5) is 17.6 Å². The molecule has 112 valence electrons. The third-order valence-electron chi connectivity index (χ3n) is 2.43. The van der Waals surface area contributed by atoms with Crippen molar-refractivity contribution >= 4 is 29.2 Å². The zero-order valence-electron chi connectivity index (χ0n) is 11.8. The second-order valence-electron chi connectivity index (χ2n) is 3.94. The average Bonchev–Trinajstić information content (AvgIpc) is 2.41. The van der Waals surface area contributed by atoms with Crippen molar-refractivity contribution in [3.63, 3.8) is 0 Å². The average molecular weight is 310 g/mol. The van der Waals surface area contributed by atoms with E-state index in [-0.39, 0.29) is 17.2 Å². The lowest BCUT2D eigenvalue weighted by molar-refractivity contribution is 0.332. The molecular weight excluding hydrogens is 294 g/mol. The summed E-state index contributed by atoms with van der Waals surface area (Å²) < 4.78 is 11.0. The number of ether oxygens (including phenoxy) is 2. The first-order valence-corrected chi connectivity index (χ1v) is 6.84. The molecule has 0 saturated carbocycles. The number of aromatic nitrogens is 3. The van der Waals surface area contributed by atoms with Gasteiger partial charge in [0.15, 0.2) is 0 Å². The lowest BCUT2D eigenvalue weighted by Gasteiger charge is -2.13. The zero-order chi connectivity index (χ0) is 15.2. The number of nitrogens with one attached hydrogen (secondary N) is 1. The van der Waals surface area contributed by atoms with Gasteiger partial charge in [-0.15, -0.1) is 0 Å². The van der Waals surface area contributed by atoms with Gasteiger partial charge in [0.05, 0.1) is 18.9 Å². The van der Waals surface area contributed by atoms with E-state index in [1.807, 2.05) is 26.0 Å². The zero-order valence-corrected chi connectivity index (χ0v) is 12.5. The van der Waals surface area contributed by atoms with Crippen LogP contribution in [-0.2, 0) is 0 Å². The van der Waals surface area contributed by atoms with Crippen LogP contribution in [0.5, 0.6) is 11.5 Å². The topological polar surface area (TPSA) is 95.2 Å². The smallest absolute Gasteiger partial charge is 0.233 e. The number of nitrogens with zero attached hydrogens (tertiary/aromatic N) is 3. The Hall–Kier alpha value is -2.28. The first-order chi connectivity index (χ1) is 10.1. The molecule has 1 aromatic heterocycles. The van der Waals surface area contributed by atoms with E-state index in [0.29, 0.717) is 30.4 Å². The molecule has 0 fully saturated rings. The molecule has 7 nitrogen and oxygen atoms in total. The van der Waals surface area contributed by atoms with Gasteiger partial charge in [0.25, 0.3) is 0 Å². The SMILES string of the molecule is CCOc1ccc(OCC)c(Nc2nc(N)nc(Cl)n2)c1. The van der Waals surface area contributed by atoms with Gasteiger partial charge in [-0.05, 0) is 37.6 Å². The molecule has 0 amide bonds. The Kier molecular flexibility index (Phi) is 4.99. The fourth-order valence-corrected chi connectivity index (χ4v) is 1.85. The van der Waals surface area contributed by atoms with Crippen LogP contribution < -0.4 is 20.5 Å². The Morgan fingerprint density at radius 2 is 1.90 bits per heavy atom. The molecule has 0 radical (unpaired) electrons. The van der Waals surface area contributed by atoms with E-state index in [9.17, 15) is 0 Å². The summed E-state index contributed by atoms with van der Waals surface area (Å²) in [7, 11) is 0. The molecule has 2 rings (SSSR count). The molecule has 0 aliphatic carbocycles. The van der Waals surface area contributed by atoms with Gasteiger partial charge in [-0.25, -0.2) is 0 Å². The molecule has 0 aliphatic rings. The molecule has 0 saturated heterocycles. The third-order valence-corrected chi connectivity index (χ3v) is 2.60. The number of rotatable bonds is 6. The van der Waals surface area contributed by atoms with Gasteiger partial charge < -0.3 is 20.5 Å². The van der Waals surface area contributed by atoms with Crippen LogP contribution in [-0.4, -0.2) is 28.2 Å². The number of benzene rings is 1. The van der Waals surface area contributed by atoms with E-state index in [0.717, 1.165) is 0 Å². The van der Waals surface area contributed by atoms with Crippen molar-refractivity contribution in [1.29, 1.82) is 0 Å². The van der Waals surface area contributed by atoms with E-state index in [1.165, 1.54) is 0 Å². The number of nitrogen functional groups attached to an aromatic ring is 1. The number of hydrogen-bond acceptors (Lipinski definition) is 7. The molecule has 0 aliphatic heterocycles. The Morgan fingerprint density at radius 3 is 2.57 bits per heavy atom. The largest absolute Gasteiger partial charge is 0.494 e. The first kappa shape index (κ1) is 15.1. The predicted molar refractivity (Wildman–Crippen MR) is 81.3 cm³/mol. The Bertz CT molecular complexity index is 603. The minimum absolute atomic E-state index is 0.0175. The second-order valence-corrected chi connectivity index (χ2v) is 4.27. The van der Waals surface area contributed by atoms with Gasteiger partial charge in [-0.3, -0.25) is 0 Å². The monoisotopic (exact) mass is 309 g/mol. The maximum absolute atomic E-state index is 5.76. The van der Waals surface area contributed by atoms with Crippen molar-refractivity contribution in [2.75, 3.05) is 24.3 Å². The molecule has 8 heteroatoms. The van der Waals surface area contributed by atoms with Gasteiger partial charge in [0, 0.05) is 6.07 Å².